The second-order valence-corrected chi connectivity index (χ2v) is 9.80. The number of aromatic nitrogens is 3. The van der Waals surface area contributed by atoms with E-state index in [1.54, 1.807) is 12.3 Å². The maximum atomic E-state index is 13.3. The molecule has 0 atom stereocenters. The number of nitrogens with one attached hydrogen (secondary N) is 1. The Morgan fingerprint density at radius 1 is 1.28 bits per heavy atom. The number of carbonyl (C=O) groups excluding carboxylic acids is 1. The third-order valence-electron chi connectivity index (χ3n) is 5.47. The number of benzene rings is 1. The van der Waals surface area contributed by atoms with Gasteiger partial charge < -0.3 is 24.8 Å². The van der Waals surface area contributed by atoms with Crippen molar-refractivity contribution in [2.24, 2.45) is 0 Å². The standard InChI is InChI=1S/C23H24FN5O5S2/c1-33-19(30)8-11-35-17-12-18(34-16-4-2-15(24)3-5-16)21(25-13-17)27-22-26-20(28-36-22)14-6-9-29(10-7-14)23(31)32/h2-5,12-14H,6-11H2,1H3,(H,31,32)(H,25,26,27,28). The maximum absolute atomic E-state index is 13.3. The summed E-state index contributed by atoms with van der Waals surface area (Å²) >= 11 is 2.61. The van der Waals surface area contributed by atoms with E-state index in [4.69, 9.17) is 9.84 Å². The molecule has 1 aliphatic heterocycles. The molecule has 0 saturated carbocycles. The number of ether oxygens (including phenoxy) is 2. The van der Waals surface area contributed by atoms with Crippen LogP contribution in [0.4, 0.5) is 20.1 Å². The molecule has 1 fully saturated rings. The van der Waals surface area contributed by atoms with Crippen molar-refractivity contribution in [1.82, 2.24) is 19.2 Å². The number of esters is 1. The van der Waals surface area contributed by atoms with Crippen molar-refractivity contribution in [1.29, 1.82) is 0 Å². The van der Waals surface area contributed by atoms with E-state index < -0.39 is 6.09 Å². The highest BCUT2D eigenvalue weighted by Gasteiger charge is 2.26. The van der Waals surface area contributed by atoms with Gasteiger partial charge in [-0.05, 0) is 43.2 Å². The average molecular weight is 534 g/mol. The average Bonchev–Trinajstić information content (AvgIpc) is 3.35. The van der Waals surface area contributed by atoms with Crippen LogP contribution in [0.2, 0.25) is 0 Å². The van der Waals surface area contributed by atoms with Crippen molar-refractivity contribution in [3.8, 4) is 11.5 Å². The lowest BCUT2D eigenvalue weighted by molar-refractivity contribution is -0.140. The predicted octanol–water partition coefficient (Wildman–Crippen LogP) is 5.12. The summed E-state index contributed by atoms with van der Waals surface area (Å²) < 4.78 is 28.5. The van der Waals surface area contributed by atoms with Crippen LogP contribution >= 0.6 is 23.3 Å². The summed E-state index contributed by atoms with van der Waals surface area (Å²) in [4.78, 5) is 33.8. The van der Waals surface area contributed by atoms with Crippen molar-refractivity contribution in [3.63, 3.8) is 0 Å². The summed E-state index contributed by atoms with van der Waals surface area (Å²) in [5, 5.41) is 12.8. The maximum Gasteiger partial charge on any atom is 0.407 e. The zero-order chi connectivity index (χ0) is 25.5. The van der Waals surface area contributed by atoms with Crippen LogP contribution in [-0.4, -0.2) is 62.4 Å². The molecule has 0 spiro atoms. The summed E-state index contributed by atoms with van der Waals surface area (Å²) in [5.41, 5.74) is 0. The van der Waals surface area contributed by atoms with Gasteiger partial charge in [-0.15, -0.1) is 11.8 Å². The summed E-state index contributed by atoms with van der Waals surface area (Å²) in [6.45, 7) is 0.905. The molecule has 1 saturated heterocycles. The Morgan fingerprint density at radius 3 is 2.72 bits per heavy atom. The fourth-order valence-corrected chi connectivity index (χ4v) is 5.01. The lowest BCUT2D eigenvalue weighted by atomic mass is 9.96. The first-order valence-electron chi connectivity index (χ1n) is 11.1. The van der Waals surface area contributed by atoms with Gasteiger partial charge in [-0.1, -0.05) is 0 Å². The SMILES string of the molecule is COC(=O)CCSc1cnc(Nc2nc(C3CCN(C(=O)O)CC3)ns2)c(Oc2ccc(F)cc2)c1. The molecule has 3 heterocycles. The van der Waals surface area contributed by atoms with Crippen molar-refractivity contribution < 1.29 is 28.6 Å². The monoisotopic (exact) mass is 533 g/mol. The third kappa shape index (κ3) is 6.82. The van der Waals surface area contributed by atoms with Crippen LogP contribution in [0, 0.1) is 5.82 Å². The molecule has 2 aromatic heterocycles. The number of nitrogens with zero attached hydrogens (tertiary/aromatic N) is 4. The fraction of sp³-hybridized carbons (Fsp3) is 0.348. The Hall–Kier alpha value is -3.45. The minimum Gasteiger partial charge on any atom is -0.469 e. The van der Waals surface area contributed by atoms with Crippen LogP contribution < -0.4 is 10.1 Å². The molecule has 0 unspecified atom stereocenters. The Bertz CT molecular complexity index is 1200. The summed E-state index contributed by atoms with van der Waals surface area (Å²) in [6, 6.07) is 7.42. The summed E-state index contributed by atoms with van der Waals surface area (Å²) in [7, 11) is 1.35. The lowest BCUT2D eigenvalue weighted by Gasteiger charge is -2.28. The molecule has 2 N–H and O–H groups in total. The van der Waals surface area contributed by atoms with Crippen molar-refractivity contribution in [3.05, 3.63) is 48.2 Å². The number of methoxy groups -OCH3 is 1. The number of likely N-dealkylation sites (tertiary alicyclic amines) is 1. The van der Waals surface area contributed by atoms with Crippen LogP contribution in [0.3, 0.4) is 0 Å². The molecule has 0 bridgehead atoms. The van der Waals surface area contributed by atoms with Crippen LogP contribution in [0.5, 0.6) is 11.5 Å². The Morgan fingerprint density at radius 2 is 2.03 bits per heavy atom. The smallest absolute Gasteiger partial charge is 0.407 e. The minimum absolute atomic E-state index is 0.0869. The molecule has 13 heteroatoms. The van der Waals surface area contributed by atoms with Gasteiger partial charge in [-0.25, -0.2) is 19.2 Å². The highest BCUT2D eigenvalue weighted by atomic mass is 32.2. The topological polar surface area (TPSA) is 127 Å². The molecule has 10 nitrogen and oxygen atoms in total. The van der Waals surface area contributed by atoms with E-state index in [-0.39, 0.29) is 24.1 Å². The number of halogens is 1. The molecule has 1 aliphatic rings. The number of amides is 1. The number of rotatable bonds is 9. The van der Waals surface area contributed by atoms with Gasteiger partial charge in [-0.2, -0.15) is 4.37 Å². The summed E-state index contributed by atoms with van der Waals surface area (Å²) in [6.07, 6.45) is 2.34. The second-order valence-electron chi connectivity index (χ2n) is 7.87. The molecule has 1 aromatic carbocycles. The summed E-state index contributed by atoms with van der Waals surface area (Å²) in [5.74, 6) is 1.83. The first-order chi connectivity index (χ1) is 17.4. The number of anilines is 2. The van der Waals surface area contributed by atoms with Crippen LogP contribution in [-0.2, 0) is 9.53 Å². The molecule has 3 aromatic rings. The van der Waals surface area contributed by atoms with E-state index >= 15 is 0 Å². The Labute approximate surface area is 215 Å². The van der Waals surface area contributed by atoms with Gasteiger partial charge in [0.2, 0.25) is 5.13 Å². The van der Waals surface area contributed by atoms with E-state index in [1.165, 1.54) is 59.6 Å². The molecule has 36 heavy (non-hydrogen) atoms. The largest absolute Gasteiger partial charge is 0.469 e. The van der Waals surface area contributed by atoms with E-state index in [0.29, 0.717) is 60.0 Å². The van der Waals surface area contributed by atoms with Crippen LogP contribution in [0.1, 0.15) is 31.0 Å². The van der Waals surface area contributed by atoms with Crippen molar-refractivity contribution in [2.45, 2.75) is 30.1 Å². The second kappa shape index (κ2) is 12.0. The van der Waals surface area contributed by atoms with E-state index in [1.807, 2.05) is 0 Å². The lowest BCUT2D eigenvalue weighted by Crippen LogP contribution is -2.37. The molecule has 4 rings (SSSR count). The van der Waals surface area contributed by atoms with E-state index in [0.717, 1.165) is 4.90 Å². The Kier molecular flexibility index (Phi) is 8.54. The van der Waals surface area contributed by atoms with Gasteiger partial charge in [-0.3, -0.25) is 4.79 Å². The normalized spacial score (nSPS) is 13.9. The minimum atomic E-state index is -0.909. The molecule has 1 amide bonds. The van der Waals surface area contributed by atoms with Crippen molar-refractivity contribution >= 4 is 46.3 Å². The van der Waals surface area contributed by atoms with Crippen molar-refractivity contribution in [2.75, 3.05) is 31.3 Å². The highest BCUT2D eigenvalue weighted by molar-refractivity contribution is 7.99. The number of piperidine rings is 1. The quantitative estimate of drug-likeness (QED) is 0.283. The number of hydrogen-bond donors (Lipinski definition) is 2. The van der Waals surface area contributed by atoms with Crippen LogP contribution in [0.15, 0.2) is 41.4 Å². The molecule has 0 aliphatic carbocycles. The van der Waals surface area contributed by atoms with Gasteiger partial charge >= 0.3 is 12.1 Å². The predicted molar refractivity (Wildman–Crippen MR) is 133 cm³/mol. The zero-order valence-corrected chi connectivity index (χ0v) is 21.0. The number of carbonyl (C=O) groups is 2. The van der Waals surface area contributed by atoms with Gasteiger partial charge in [0.05, 0.1) is 13.5 Å². The molecular formula is C23H24FN5O5S2. The Balaban J connectivity index is 1.48. The zero-order valence-electron chi connectivity index (χ0n) is 19.3. The number of carboxylic acid groups (broad SMARTS) is 1. The molecular weight excluding hydrogens is 509 g/mol. The molecule has 0 radical (unpaired) electrons. The van der Waals surface area contributed by atoms with E-state index in [9.17, 15) is 14.0 Å². The first-order valence-corrected chi connectivity index (χ1v) is 12.9. The number of thioether (sulfide) groups is 1. The van der Waals surface area contributed by atoms with Gasteiger partial charge in [0, 0.05) is 47.4 Å². The fourth-order valence-electron chi connectivity index (χ4n) is 3.54. The third-order valence-corrected chi connectivity index (χ3v) is 7.08. The van der Waals surface area contributed by atoms with Gasteiger partial charge in [0.1, 0.15) is 17.4 Å². The number of pyridine rings is 1. The number of hydrogen-bond acceptors (Lipinski definition) is 10. The first kappa shape index (κ1) is 25.6. The van der Waals surface area contributed by atoms with E-state index in [2.05, 4.69) is 24.4 Å². The van der Waals surface area contributed by atoms with Gasteiger partial charge in [0.15, 0.2) is 11.6 Å². The van der Waals surface area contributed by atoms with Crippen LogP contribution in [0.25, 0.3) is 0 Å². The highest BCUT2D eigenvalue weighted by Crippen LogP contribution is 2.35. The van der Waals surface area contributed by atoms with Gasteiger partial charge in [0.25, 0.3) is 0 Å². The molecule has 190 valence electrons.